The monoisotopic (exact) mass is 148 g/mol. The van der Waals surface area contributed by atoms with E-state index in [1.807, 2.05) is 18.4 Å². The van der Waals surface area contributed by atoms with Crippen molar-refractivity contribution in [2.24, 2.45) is 15.9 Å². The summed E-state index contributed by atoms with van der Waals surface area (Å²) < 4.78 is 0. The smallest absolute Gasteiger partial charge is 0.115 e. The van der Waals surface area contributed by atoms with E-state index < -0.39 is 0 Å². The summed E-state index contributed by atoms with van der Waals surface area (Å²) in [6, 6.07) is 0. The standard InChI is InChI=1S/C9H12N2/c1-8(2)9-4-3-5-10-7-11-6-9/h3-8H,1-2H3/b4-3-,5-3?,9-4?,9-6+,10-5+,10-7?,11-6?,11-7+. The van der Waals surface area contributed by atoms with Crippen LogP contribution < -0.4 is 0 Å². The minimum Gasteiger partial charge on any atom is -0.245 e. The number of hydrogen-bond donors (Lipinski definition) is 0. The zero-order valence-corrected chi connectivity index (χ0v) is 6.86. The van der Waals surface area contributed by atoms with Gasteiger partial charge in [0.1, 0.15) is 6.34 Å². The number of hydrogen-bond acceptors (Lipinski definition) is 2. The summed E-state index contributed by atoms with van der Waals surface area (Å²) in [5.41, 5.74) is 1.23. The molecule has 0 atom stereocenters. The van der Waals surface area contributed by atoms with Crippen LogP contribution in [0, 0.1) is 5.92 Å². The first-order valence-electron chi connectivity index (χ1n) is 3.72. The summed E-state index contributed by atoms with van der Waals surface area (Å²) in [4.78, 5) is 7.87. The topological polar surface area (TPSA) is 24.7 Å². The van der Waals surface area contributed by atoms with E-state index in [0.29, 0.717) is 5.92 Å². The fourth-order valence-corrected chi connectivity index (χ4v) is 0.785. The Morgan fingerprint density at radius 2 is 2.09 bits per heavy atom. The van der Waals surface area contributed by atoms with Crippen LogP contribution in [0.2, 0.25) is 0 Å². The molecule has 58 valence electrons. The van der Waals surface area contributed by atoms with Crippen molar-refractivity contribution >= 4 is 12.6 Å². The average Bonchev–Trinajstić information content (AvgIpc) is 1.84. The second-order valence-electron chi connectivity index (χ2n) is 2.71. The van der Waals surface area contributed by atoms with E-state index in [9.17, 15) is 0 Å². The molecular formula is C9H12N2. The van der Waals surface area contributed by atoms with Gasteiger partial charge < -0.3 is 0 Å². The van der Waals surface area contributed by atoms with E-state index in [2.05, 4.69) is 23.8 Å². The van der Waals surface area contributed by atoms with Crippen molar-refractivity contribution in [2.75, 3.05) is 0 Å². The second-order valence-corrected chi connectivity index (χ2v) is 2.71. The van der Waals surface area contributed by atoms with Gasteiger partial charge >= 0.3 is 0 Å². The van der Waals surface area contributed by atoms with E-state index in [-0.39, 0.29) is 0 Å². The third-order valence-corrected chi connectivity index (χ3v) is 1.48. The van der Waals surface area contributed by atoms with E-state index in [0.717, 1.165) is 0 Å². The van der Waals surface area contributed by atoms with Crippen molar-refractivity contribution in [1.29, 1.82) is 0 Å². The normalized spacial score (nSPS) is 29.9. The summed E-state index contributed by atoms with van der Waals surface area (Å²) in [6.45, 7) is 4.29. The highest BCUT2D eigenvalue weighted by Crippen LogP contribution is 2.10. The van der Waals surface area contributed by atoms with Crippen LogP contribution >= 0.6 is 0 Å². The summed E-state index contributed by atoms with van der Waals surface area (Å²) in [7, 11) is 0. The Morgan fingerprint density at radius 1 is 1.27 bits per heavy atom. The zero-order chi connectivity index (χ0) is 8.10. The summed E-state index contributed by atoms with van der Waals surface area (Å²) in [5.74, 6) is 0.523. The predicted molar refractivity (Wildman–Crippen MR) is 49.0 cm³/mol. The maximum Gasteiger partial charge on any atom is 0.115 e. The minimum atomic E-state index is 0.523. The summed E-state index contributed by atoms with van der Waals surface area (Å²) in [5, 5.41) is 0. The molecule has 0 unspecified atom stereocenters. The molecule has 1 aliphatic rings. The Bertz CT molecular complexity index is 232. The molecular weight excluding hydrogens is 136 g/mol. The lowest BCUT2D eigenvalue weighted by Crippen LogP contribution is -1.90. The van der Waals surface area contributed by atoms with Gasteiger partial charge in [-0.15, -0.1) is 0 Å². The van der Waals surface area contributed by atoms with Crippen molar-refractivity contribution in [3.05, 3.63) is 23.9 Å². The molecule has 0 saturated carbocycles. The van der Waals surface area contributed by atoms with Gasteiger partial charge in [-0.25, -0.2) is 9.98 Å². The maximum absolute atomic E-state index is 4.00. The SMILES string of the molecule is CC(C)C1=C/N=C/N=C/C=C\1. The van der Waals surface area contributed by atoms with Crippen molar-refractivity contribution in [3.8, 4) is 0 Å². The van der Waals surface area contributed by atoms with Gasteiger partial charge in [0.25, 0.3) is 0 Å². The zero-order valence-electron chi connectivity index (χ0n) is 6.86. The molecule has 0 N–H and O–H groups in total. The first kappa shape index (κ1) is 7.92. The molecule has 0 bridgehead atoms. The highest BCUT2D eigenvalue weighted by atomic mass is 14.8. The highest BCUT2D eigenvalue weighted by molar-refractivity contribution is 5.81. The van der Waals surface area contributed by atoms with Gasteiger partial charge in [0.05, 0.1) is 0 Å². The second kappa shape index (κ2) is 3.86. The Labute approximate surface area is 67.1 Å². The highest BCUT2D eigenvalue weighted by Gasteiger charge is 1.97. The van der Waals surface area contributed by atoms with Crippen molar-refractivity contribution in [1.82, 2.24) is 0 Å². The largest absolute Gasteiger partial charge is 0.245 e. The van der Waals surface area contributed by atoms with Gasteiger partial charge in [-0.2, -0.15) is 0 Å². The molecule has 1 heterocycles. The van der Waals surface area contributed by atoms with Crippen LogP contribution in [0.15, 0.2) is 33.9 Å². The molecule has 0 aromatic heterocycles. The number of nitrogens with zero attached hydrogens (tertiary/aromatic N) is 2. The van der Waals surface area contributed by atoms with Crippen molar-refractivity contribution in [3.63, 3.8) is 0 Å². The van der Waals surface area contributed by atoms with Crippen LogP contribution in [0.4, 0.5) is 0 Å². The molecule has 0 radical (unpaired) electrons. The van der Waals surface area contributed by atoms with Crippen LogP contribution in [0.1, 0.15) is 13.8 Å². The third-order valence-electron chi connectivity index (χ3n) is 1.48. The maximum atomic E-state index is 4.00. The average molecular weight is 148 g/mol. The Morgan fingerprint density at radius 3 is 2.82 bits per heavy atom. The molecule has 0 saturated heterocycles. The lowest BCUT2D eigenvalue weighted by molar-refractivity contribution is 0.788. The molecule has 0 spiro atoms. The Hall–Kier alpha value is -1.18. The van der Waals surface area contributed by atoms with Crippen molar-refractivity contribution < 1.29 is 0 Å². The number of allylic oxidation sites excluding steroid dienone is 3. The van der Waals surface area contributed by atoms with Gasteiger partial charge in [0, 0.05) is 12.4 Å². The van der Waals surface area contributed by atoms with Crippen LogP contribution in [0.3, 0.4) is 0 Å². The molecule has 2 nitrogen and oxygen atoms in total. The molecule has 0 aromatic rings. The molecule has 11 heavy (non-hydrogen) atoms. The van der Waals surface area contributed by atoms with E-state index in [1.165, 1.54) is 5.57 Å². The Kier molecular flexibility index (Phi) is 2.78. The lowest BCUT2D eigenvalue weighted by atomic mass is 10.0. The summed E-state index contributed by atoms with van der Waals surface area (Å²) >= 11 is 0. The molecule has 0 aromatic carbocycles. The van der Waals surface area contributed by atoms with Gasteiger partial charge in [-0.1, -0.05) is 19.9 Å². The fraction of sp³-hybridized carbons (Fsp3) is 0.333. The molecule has 1 rings (SSSR count). The van der Waals surface area contributed by atoms with Crippen molar-refractivity contribution in [2.45, 2.75) is 13.8 Å². The Balaban J connectivity index is 2.78. The van der Waals surface area contributed by atoms with Crippen LogP contribution in [-0.4, -0.2) is 12.6 Å². The van der Waals surface area contributed by atoms with E-state index >= 15 is 0 Å². The molecule has 0 aliphatic carbocycles. The predicted octanol–water partition coefficient (Wildman–Crippen LogP) is 2.20. The third kappa shape index (κ3) is 2.50. The first-order chi connectivity index (χ1) is 5.30. The van der Waals surface area contributed by atoms with Crippen LogP contribution in [0.5, 0.6) is 0 Å². The number of aliphatic imine (C=N–C) groups is 2. The quantitative estimate of drug-likeness (QED) is 0.544. The summed E-state index contributed by atoms with van der Waals surface area (Å²) in [6.07, 6.45) is 9.09. The molecule has 1 aliphatic heterocycles. The minimum absolute atomic E-state index is 0.523. The lowest BCUT2D eigenvalue weighted by Gasteiger charge is -2.03. The first-order valence-corrected chi connectivity index (χ1v) is 3.72. The van der Waals surface area contributed by atoms with Crippen LogP contribution in [0.25, 0.3) is 0 Å². The van der Waals surface area contributed by atoms with Crippen LogP contribution in [-0.2, 0) is 0 Å². The molecule has 0 fully saturated rings. The molecule has 0 amide bonds. The van der Waals surface area contributed by atoms with Gasteiger partial charge in [0.2, 0.25) is 0 Å². The molecule has 2 heteroatoms. The number of rotatable bonds is 1. The van der Waals surface area contributed by atoms with Gasteiger partial charge in [0.15, 0.2) is 0 Å². The van der Waals surface area contributed by atoms with Gasteiger partial charge in [-0.3, -0.25) is 0 Å². The fourth-order valence-electron chi connectivity index (χ4n) is 0.785. The van der Waals surface area contributed by atoms with E-state index in [4.69, 9.17) is 0 Å². The van der Waals surface area contributed by atoms with Gasteiger partial charge in [-0.05, 0) is 17.6 Å². The van der Waals surface area contributed by atoms with E-state index in [1.54, 1.807) is 12.6 Å².